The third-order valence-electron chi connectivity index (χ3n) is 7.57. The molecule has 0 aromatic carbocycles. The fraction of sp³-hybridized carbons (Fsp3) is 0.905. The van der Waals surface area contributed by atoms with Gasteiger partial charge in [0.2, 0.25) is 5.91 Å². The molecule has 0 aromatic heterocycles. The van der Waals surface area contributed by atoms with Crippen LogP contribution in [0.15, 0.2) is 0 Å². The zero-order valence-corrected chi connectivity index (χ0v) is 16.5. The summed E-state index contributed by atoms with van der Waals surface area (Å²) in [5, 5.41) is 22.6. The number of carbonyl (C=O) groups is 1. The fourth-order valence-corrected chi connectivity index (χ4v) is 5.17. The van der Waals surface area contributed by atoms with E-state index < -0.39 is 0 Å². The average molecular weight is 362 g/mol. The highest BCUT2D eigenvalue weighted by atomic mass is 16.3. The summed E-state index contributed by atoms with van der Waals surface area (Å²) in [6.07, 6.45) is 11.1. The van der Waals surface area contributed by atoms with Gasteiger partial charge in [-0.05, 0) is 75.0 Å². The van der Waals surface area contributed by atoms with E-state index in [0.717, 1.165) is 38.5 Å². The molecule has 5 nitrogen and oxygen atoms in total. The number of likely N-dealkylation sites (tertiary alicyclic amines) is 1. The van der Waals surface area contributed by atoms with E-state index in [1.165, 1.54) is 25.7 Å². The zero-order chi connectivity index (χ0) is 18.8. The van der Waals surface area contributed by atoms with Gasteiger partial charge < -0.3 is 15.3 Å². The molecule has 146 valence electrons. The van der Waals surface area contributed by atoms with Crippen molar-refractivity contribution in [3.05, 3.63) is 0 Å². The zero-order valence-electron chi connectivity index (χ0n) is 16.5. The van der Waals surface area contributed by atoms with Gasteiger partial charge in [-0.2, -0.15) is 5.26 Å². The molecule has 1 aliphatic heterocycles. The number of rotatable bonds is 4. The fourth-order valence-electron chi connectivity index (χ4n) is 5.17. The van der Waals surface area contributed by atoms with Crippen molar-refractivity contribution in [2.45, 2.75) is 89.6 Å². The normalized spacial score (nSPS) is 29.5. The Bertz CT molecular complexity index is 546. The number of hydrogen-bond acceptors (Lipinski definition) is 4. The van der Waals surface area contributed by atoms with E-state index in [9.17, 15) is 15.2 Å². The number of aliphatic hydroxyl groups is 1. The number of aliphatic hydroxyl groups excluding tert-OH is 1. The maximum absolute atomic E-state index is 12.5. The van der Waals surface area contributed by atoms with Crippen molar-refractivity contribution < 1.29 is 9.90 Å². The third kappa shape index (κ3) is 4.07. The molecule has 3 fully saturated rings. The topological polar surface area (TPSA) is 76.4 Å². The molecule has 1 amide bonds. The lowest BCUT2D eigenvalue weighted by atomic mass is 9.57. The van der Waals surface area contributed by atoms with Gasteiger partial charge >= 0.3 is 0 Å². The third-order valence-corrected chi connectivity index (χ3v) is 7.57. The van der Waals surface area contributed by atoms with E-state index in [1.807, 2.05) is 0 Å². The molecule has 5 heteroatoms. The van der Waals surface area contributed by atoms with E-state index >= 15 is 0 Å². The Kier molecular flexibility index (Phi) is 5.65. The SMILES string of the molecule is CC1(C)CCC2(CC1)CCC(CO)(NCC(=O)N1CCC[C@H]1C#N)CC2. The number of nitriles is 1. The molecule has 0 radical (unpaired) electrons. The summed E-state index contributed by atoms with van der Waals surface area (Å²) in [6, 6.07) is 1.96. The summed E-state index contributed by atoms with van der Waals surface area (Å²) >= 11 is 0. The highest BCUT2D eigenvalue weighted by Gasteiger charge is 2.45. The number of nitrogens with one attached hydrogen (secondary N) is 1. The van der Waals surface area contributed by atoms with Crippen LogP contribution in [0.4, 0.5) is 0 Å². The van der Waals surface area contributed by atoms with E-state index in [2.05, 4.69) is 25.2 Å². The lowest BCUT2D eigenvalue weighted by molar-refractivity contribution is -0.130. The molecule has 1 atom stereocenters. The molecule has 2 saturated carbocycles. The van der Waals surface area contributed by atoms with E-state index in [1.54, 1.807) is 4.90 Å². The molecule has 2 N–H and O–H groups in total. The summed E-state index contributed by atoms with van der Waals surface area (Å²) in [6.45, 7) is 5.76. The maximum Gasteiger partial charge on any atom is 0.237 e. The first-order chi connectivity index (χ1) is 12.3. The molecule has 2 aliphatic carbocycles. The Balaban J connectivity index is 1.53. The summed E-state index contributed by atoms with van der Waals surface area (Å²) in [7, 11) is 0. The van der Waals surface area contributed by atoms with Crippen LogP contribution in [0.5, 0.6) is 0 Å². The van der Waals surface area contributed by atoms with Crippen LogP contribution < -0.4 is 5.32 Å². The summed E-state index contributed by atoms with van der Waals surface area (Å²) in [5.74, 6) is 0.00146. The number of carbonyl (C=O) groups excluding carboxylic acids is 1. The van der Waals surface area contributed by atoms with Crippen LogP contribution in [0.3, 0.4) is 0 Å². The molecule has 0 unspecified atom stereocenters. The van der Waals surface area contributed by atoms with E-state index in [0.29, 0.717) is 17.4 Å². The quantitative estimate of drug-likeness (QED) is 0.807. The molecule has 1 saturated heterocycles. The van der Waals surface area contributed by atoms with Crippen molar-refractivity contribution in [2.24, 2.45) is 10.8 Å². The van der Waals surface area contributed by atoms with Crippen LogP contribution in [0, 0.1) is 22.2 Å². The number of nitrogens with zero attached hydrogens (tertiary/aromatic N) is 2. The van der Waals surface area contributed by atoms with Crippen molar-refractivity contribution >= 4 is 5.91 Å². The minimum Gasteiger partial charge on any atom is -0.394 e. The lowest BCUT2D eigenvalue weighted by Crippen LogP contribution is -2.56. The Labute approximate surface area is 158 Å². The second-order valence-electron chi connectivity index (χ2n) is 9.83. The number of amides is 1. The van der Waals surface area contributed by atoms with Gasteiger partial charge in [0.25, 0.3) is 0 Å². The molecular formula is C21H35N3O2. The first-order valence-corrected chi connectivity index (χ1v) is 10.4. The van der Waals surface area contributed by atoms with Crippen LogP contribution in [0.2, 0.25) is 0 Å². The van der Waals surface area contributed by atoms with Gasteiger partial charge in [0.1, 0.15) is 6.04 Å². The summed E-state index contributed by atoms with van der Waals surface area (Å²) in [5.41, 5.74) is 0.616. The van der Waals surface area contributed by atoms with Crippen molar-refractivity contribution in [3.63, 3.8) is 0 Å². The molecule has 26 heavy (non-hydrogen) atoms. The van der Waals surface area contributed by atoms with Gasteiger partial charge in [-0.25, -0.2) is 0 Å². The maximum atomic E-state index is 12.5. The van der Waals surface area contributed by atoms with Crippen LogP contribution in [-0.2, 0) is 4.79 Å². The van der Waals surface area contributed by atoms with Gasteiger partial charge in [-0.1, -0.05) is 13.8 Å². The van der Waals surface area contributed by atoms with Crippen molar-refractivity contribution in [1.82, 2.24) is 10.2 Å². The monoisotopic (exact) mass is 361 g/mol. The molecule has 3 rings (SSSR count). The van der Waals surface area contributed by atoms with Crippen LogP contribution >= 0.6 is 0 Å². The largest absolute Gasteiger partial charge is 0.394 e. The first-order valence-electron chi connectivity index (χ1n) is 10.4. The van der Waals surface area contributed by atoms with E-state index in [-0.39, 0.29) is 30.6 Å². The Morgan fingerprint density at radius 3 is 2.35 bits per heavy atom. The molecular weight excluding hydrogens is 326 g/mol. The van der Waals surface area contributed by atoms with E-state index in [4.69, 9.17) is 0 Å². The molecule has 1 heterocycles. The second-order valence-corrected chi connectivity index (χ2v) is 9.83. The van der Waals surface area contributed by atoms with Gasteiger partial charge in [0.15, 0.2) is 0 Å². The summed E-state index contributed by atoms with van der Waals surface area (Å²) in [4.78, 5) is 14.2. The van der Waals surface area contributed by atoms with Crippen molar-refractivity contribution in [1.29, 1.82) is 5.26 Å². The van der Waals surface area contributed by atoms with Crippen LogP contribution in [0.25, 0.3) is 0 Å². The highest BCUT2D eigenvalue weighted by molar-refractivity contribution is 5.79. The minimum absolute atomic E-state index is 0.00146. The second kappa shape index (κ2) is 7.48. The van der Waals surface area contributed by atoms with Crippen LogP contribution in [0.1, 0.15) is 78.1 Å². The molecule has 3 aliphatic rings. The van der Waals surface area contributed by atoms with Gasteiger partial charge in [-0.3, -0.25) is 4.79 Å². The predicted octanol–water partition coefficient (Wildman–Crippen LogP) is 2.98. The smallest absolute Gasteiger partial charge is 0.237 e. The lowest BCUT2D eigenvalue weighted by Gasteiger charge is -2.50. The van der Waals surface area contributed by atoms with Gasteiger partial charge in [0.05, 0.1) is 19.2 Å². The Morgan fingerprint density at radius 1 is 1.15 bits per heavy atom. The van der Waals surface area contributed by atoms with Crippen molar-refractivity contribution in [3.8, 4) is 6.07 Å². The predicted molar refractivity (Wildman–Crippen MR) is 101 cm³/mol. The molecule has 1 spiro atoms. The highest BCUT2D eigenvalue weighted by Crippen LogP contribution is 2.53. The first kappa shape index (κ1) is 19.6. The summed E-state index contributed by atoms with van der Waals surface area (Å²) < 4.78 is 0. The van der Waals surface area contributed by atoms with Gasteiger partial charge in [0, 0.05) is 12.1 Å². The van der Waals surface area contributed by atoms with Crippen LogP contribution in [-0.4, -0.2) is 47.2 Å². The van der Waals surface area contributed by atoms with Crippen molar-refractivity contribution in [2.75, 3.05) is 19.7 Å². The number of hydrogen-bond donors (Lipinski definition) is 2. The minimum atomic E-state index is -0.324. The average Bonchev–Trinajstić information content (AvgIpc) is 3.13. The molecule has 0 bridgehead atoms. The Morgan fingerprint density at radius 2 is 1.77 bits per heavy atom. The van der Waals surface area contributed by atoms with Gasteiger partial charge in [-0.15, -0.1) is 0 Å². The standard InChI is InChI=1S/C21H35N3O2/c1-19(2)5-7-20(8-6-19)9-11-21(16-25,12-10-20)23-15-18(26)24-13-3-4-17(24)14-22/h17,23,25H,3-13,15-16H2,1-2H3/t17-/m0/s1. The molecule has 0 aromatic rings. The Hall–Kier alpha value is -1.12.